The standard InChI is InChI=1S/C16H16F2N2O3/c1-22-13-6-2-11(3-7-13)10-19-16(21)20-12-4-8-14(9-5-12)23-15(17)18/h2-9,15H,10H2,1H3,(H2,19,20,21). The van der Waals surface area contributed by atoms with Crippen molar-refractivity contribution in [3.05, 3.63) is 54.1 Å². The summed E-state index contributed by atoms with van der Waals surface area (Å²) in [5.74, 6) is 0.772. The zero-order chi connectivity index (χ0) is 16.7. The molecule has 0 atom stereocenters. The Labute approximate surface area is 132 Å². The van der Waals surface area contributed by atoms with Gasteiger partial charge >= 0.3 is 12.6 Å². The number of ether oxygens (including phenoxy) is 2. The molecule has 2 aromatic carbocycles. The molecule has 0 radical (unpaired) electrons. The van der Waals surface area contributed by atoms with Crippen LogP contribution in [0.15, 0.2) is 48.5 Å². The van der Waals surface area contributed by atoms with E-state index in [-0.39, 0.29) is 5.75 Å². The predicted octanol–water partition coefficient (Wildman–Crippen LogP) is 3.62. The number of alkyl halides is 2. The van der Waals surface area contributed by atoms with Gasteiger partial charge in [-0.3, -0.25) is 0 Å². The first kappa shape index (κ1) is 16.5. The highest BCUT2D eigenvalue weighted by Crippen LogP contribution is 2.17. The van der Waals surface area contributed by atoms with E-state index >= 15 is 0 Å². The normalized spacial score (nSPS) is 10.3. The summed E-state index contributed by atoms with van der Waals surface area (Å²) >= 11 is 0. The lowest BCUT2D eigenvalue weighted by Gasteiger charge is -2.09. The van der Waals surface area contributed by atoms with E-state index in [2.05, 4.69) is 15.4 Å². The maximum atomic E-state index is 12.0. The first-order chi connectivity index (χ1) is 11.1. The number of carbonyl (C=O) groups is 1. The van der Waals surface area contributed by atoms with E-state index < -0.39 is 12.6 Å². The average molecular weight is 322 g/mol. The molecule has 2 N–H and O–H groups in total. The van der Waals surface area contributed by atoms with Crippen molar-refractivity contribution in [2.24, 2.45) is 0 Å². The Balaban J connectivity index is 1.81. The van der Waals surface area contributed by atoms with Crippen LogP contribution in [0.3, 0.4) is 0 Å². The van der Waals surface area contributed by atoms with E-state index in [1.807, 2.05) is 12.1 Å². The summed E-state index contributed by atoms with van der Waals surface area (Å²) in [6, 6.07) is 12.5. The highest BCUT2D eigenvalue weighted by Gasteiger charge is 2.05. The van der Waals surface area contributed by atoms with Crippen LogP contribution in [0.2, 0.25) is 0 Å². The fraction of sp³-hybridized carbons (Fsp3) is 0.188. The molecule has 2 amide bonds. The summed E-state index contributed by atoms with van der Waals surface area (Å²) in [5, 5.41) is 5.29. The lowest BCUT2D eigenvalue weighted by molar-refractivity contribution is -0.0498. The highest BCUT2D eigenvalue weighted by atomic mass is 19.3. The quantitative estimate of drug-likeness (QED) is 0.854. The molecule has 0 saturated heterocycles. The van der Waals surface area contributed by atoms with Crippen molar-refractivity contribution in [1.82, 2.24) is 5.32 Å². The van der Waals surface area contributed by atoms with E-state index in [1.165, 1.54) is 24.3 Å². The van der Waals surface area contributed by atoms with Crippen LogP contribution in [0, 0.1) is 0 Å². The Morgan fingerprint density at radius 3 is 2.22 bits per heavy atom. The molecular weight excluding hydrogens is 306 g/mol. The molecule has 7 heteroatoms. The van der Waals surface area contributed by atoms with Gasteiger partial charge in [0.25, 0.3) is 0 Å². The van der Waals surface area contributed by atoms with E-state index in [9.17, 15) is 13.6 Å². The lowest BCUT2D eigenvalue weighted by Crippen LogP contribution is -2.28. The Bertz CT molecular complexity index is 631. The van der Waals surface area contributed by atoms with Gasteiger partial charge in [0.05, 0.1) is 7.11 Å². The number of hydrogen-bond donors (Lipinski definition) is 2. The van der Waals surface area contributed by atoms with Crippen LogP contribution >= 0.6 is 0 Å². The first-order valence-corrected chi connectivity index (χ1v) is 6.79. The molecule has 0 unspecified atom stereocenters. The third-order valence-electron chi connectivity index (χ3n) is 2.95. The molecule has 0 spiro atoms. The fourth-order valence-corrected chi connectivity index (χ4v) is 1.82. The van der Waals surface area contributed by atoms with Gasteiger partial charge in [-0.1, -0.05) is 12.1 Å². The monoisotopic (exact) mass is 322 g/mol. The molecular formula is C16H16F2N2O3. The van der Waals surface area contributed by atoms with Gasteiger partial charge in [0.2, 0.25) is 0 Å². The van der Waals surface area contributed by atoms with E-state index in [4.69, 9.17) is 4.74 Å². The third kappa shape index (κ3) is 5.46. The molecule has 0 aliphatic rings. The third-order valence-corrected chi connectivity index (χ3v) is 2.95. The molecule has 0 saturated carbocycles. The minimum atomic E-state index is -2.87. The maximum absolute atomic E-state index is 12.0. The Morgan fingerprint density at radius 1 is 1.04 bits per heavy atom. The van der Waals surface area contributed by atoms with Crippen LogP contribution in [-0.4, -0.2) is 19.8 Å². The second kappa shape index (κ2) is 7.98. The zero-order valence-corrected chi connectivity index (χ0v) is 12.4. The van der Waals surface area contributed by atoms with Gasteiger partial charge in [0.1, 0.15) is 11.5 Å². The summed E-state index contributed by atoms with van der Waals surface area (Å²) in [7, 11) is 1.58. The summed E-state index contributed by atoms with van der Waals surface area (Å²) in [4.78, 5) is 11.8. The predicted molar refractivity (Wildman–Crippen MR) is 81.9 cm³/mol. The second-order valence-electron chi connectivity index (χ2n) is 4.56. The molecule has 2 aromatic rings. The Morgan fingerprint density at radius 2 is 1.65 bits per heavy atom. The summed E-state index contributed by atoms with van der Waals surface area (Å²) in [5.41, 5.74) is 1.39. The van der Waals surface area contributed by atoms with Crippen LogP contribution in [0.4, 0.5) is 19.3 Å². The SMILES string of the molecule is COc1ccc(CNC(=O)Nc2ccc(OC(F)F)cc2)cc1. The number of hydrogen-bond acceptors (Lipinski definition) is 3. The number of anilines is 1. The Kier molecular flexibility index (Phi) is 5.74. The number of amides is 2. The van der Waals surface area contributed by atoms with Gasteiger partial charge in [-0.2, -0.15) is 8.78 Å². The average Bonchev–Trinajstić information content (AvgIpc) is 2.55. The van der Waals surface area contributed by atoms with Gasteiger partial charge in [0.15, 0.2) is 0 Å². The van der Waals surface area contributed by atoms with Crippen LogP contribution in [0.5, 0.6) is 11.5 Å². The van der Waals surface area contributed by atoms with Crippen LogP contribution in [0.1, 0.15) is 5.56 Å². The molecule has 0 heterocycles. The minimum absolute atomic E-state index is 0.0317. The molecule has 0 aromatic heterocycles. The van der Waals surface area contributed by atoms with Crippen molar-refractivity contribution in [2.45, 2.75) is 13.2 Å². The molecule has 2 rings (SSSR count). The van der Waals surface area contributed by atoms with Crippen molar-refractivity contribution in [3.8, 4) is 11.5 Å². The molecule has 0 aliphatic heterocycles. The number of carbonyl (C=O) groups excluding carboxylic acids is 1. The number of methoxy groups -OCH3 is 1. The Hall–Kier alpha value is -2.83. The molecule has 0 aliphatic carbocycles. The molecule has 23 heavy (non-hydrogen) atoms. The molecule has 0 bridgehead atoms. The van der Waals surface area contributed by atoms with Crippen molar-refractivity contribution in [3.63, 3.8) is 0 Å². The number of urea groups is 1. The van der Waals surface area contributed by atoms with Crippen LogP contribution < -0.4 is 20.1 Å². The van der Waals surface area contributed by atoms with Crippen LogP contribution in [0.25, 0.3) is 0 Å². The lowest BCUT2D eigenvalue weighted by atomic mass is 10.2. The van der Waals surface area contributed by atoms with Gasteiger partial charge in [-0.15, -0.1) is 0 Å². The van der Waals surface area contributed by atoms with Crippen molar-refractivity contribution in [2.75, 3.05) is 12.4 Å². The molecule has 5 nitrogen and oxygen atoms in total. The second-order valence-corrected chi connectivity index (χ2v) is 4.56. The topological polar surface area (TPSA) is 59.6 Å². The van der Waals surface area contributed by atoms with Gasteiger partial charge < -0.3 is 20.1 Å². The summed E-state index contributed by atoms with van der Waals surface area (Å²) < 4.78 is 33.3. The maximum Gasteiger partial charge on any atom is 0.387 e. The largest absolute Gasteiger partial charge is 0.497 e. The molecule has 0 fully saturated rings. The highest BCUT2D eigenvalue weighted by molar-refractivity contribution is 5.89. The number of nitrogens with one attached hydrogen (secondary N) is 2. The van der Waals surface area contributed by atoms with Gasteiger partial charge in [-0.25, -0.2) is 4.79 Å². The zero-order valence-electron chi connectivity index (χ0n) is 12.4. The molecule has 122 valence electrons. The fourth-order valence-electron chi connectivity index (χ4n) is 1.82. The smallest absolute Gasteiger partial charge is 0.387 e. The van der Waals surface area contributed by atoms with Crippen molar-refractivity contribution in [1.29, 1.82) is 0 Å². The minimum Gasteiger partial charge on any atom is -0.497 e. The van der Waals surface area contributed by atoms with Crippen molar-refractivity contribution < 1.29 is 23.0 Å². The van der Waals surface area contributed by atoms with Gasteiger partial charge in [0, 0.05) is 12.2 Å². The van der Waals surface area contributed by atoms with E-state index in [0.29, 0.717) is 12.2 Å². The first-order valence-electron chi connectivity index (χ1n) is 6.79. The van der Waals surface area contributed by atoms with Crippen LogP contribution in [-0.2, 0) is 6.54 Å². The summed E-state index contributed by atoms with van der Waals surface area (Å²) in [6.07, 6.45) is 0. The number of rotatable bonds is 6. The van der Waals surface area contributed by atoms with E-state index in [0.717, 1.165) is 11.3 Å². The van der Waals surface area contributed by atoms with E-state index in [1.54, 1.807) is 19.2 Å². The van der Waals surface area contributed by atoms with Gasteiger partial charge in [-0.05, 0) is 42.0 Å². The number of benzene rings is 2. The summed E-state index contributed by atoms with van der Waals surface area (Å²) in [6.45, 7) is -2.52. The number of halogens is 2. The van der Waals surface area contributed by atoms with Crippen molar-refractivity contribution >= 4 is 11.7 Å².